The van der Waals surface area contributed by atoms with E-state index in [-0.39, 0.29) is 25.6 Å². The summed E-state index contributed by atoms with van der Waals surface area (Å²) in [6, 6.07) is 0. The molecule has 6 atom stereocenters. The van der Waals surface area contributed by atoms with Gasteiger partial charge in [-0.1, -0.05) is 97.3 Å². The molecule has 0 aromatic carbocycles. The van der Waals surface area contributed by atoms with Crippen molar-refractivity contribution in [2.24, 2.45) is 0 Å². The molecule has 1 rings (SSSR count). The number of aliphatic hydroxyl groups excluding tert-OH is 4. The van der Waals surface area contributed by atoms with E-state index in [9.17, 15) is 20.4 Å². The zero-order chi connectivity index (χ0) is 28.9. The van der Waals surface area contributed by atoms with Gasteiger partial charge in [0.1, 0.15) is 37.1 Å². The van der Waals surface area contributed by atoms with Crippen LogP contribution in [0, 0.1) is 0 Å². The Morgan fingerprint density at radius 1 is 0.700 bits per heavy atom. The predicted octanol–water partition coefficient (Wildman–Crippen LogP) is 1.55. The van der Waals surface area contributed by atoms with Crippen LogP contribution in [-0.4, -0.2) is 109 Å². The maximum atomic E-state index is 10.6. The minimum Gasteiger partial charge on any atom is -1.00 e. The minimum atomic E-state index is -1.37. The third-order valence-electron chi connectivity index (χ3n) is 7.86. The molecule has 0 bridgehead atoms. The second-order valence-corrected chi connectivity index (χ2v) is 12.4. The number of nitrogens with zero attached hydrogens (tertiary/aromatic N) is 1. The summed E-state index contributed by atoms with van der Waals surface area (Å²) in [5, 5.41) is 41.4. The van der Waals surface area contributed by atoms with Crippen LogP contribution in [0.5, 0.6) is 0 Å². The topological polar surface area (TPSA) is 109 Å². The van der Waals surface area contributed by atoms with Gasteiger partial charge in [0.25, 0.3) is 0 Å². The Balaban J connectivity index is 0.0000152. The van der Waals surface area contributed by atoms with Gasteiger partial charge >= 0.3 is 0 Å². The summed E-state index contributed by atoms with van der Waals surface area (Å²) in [6.07, 6.45) is 13.4. The van der Waals surface area contributed by atoms with Crippen LogP contribution in [0.2, 0.25) is 0 Å². The van der Waals surface area contributed by atoms with Crippen LogP contribution in [0.15, 0.2) is 0 Å². The molecular formula is C31H64ClNO7. The first kappa shape index (κ1) is 40.0. The zero-order valence-corrected chi connectivity index (χ0v) is 26.9. The summed E-state index contributed by atoms with van der Waals surface area (Å²) in [4.78, 5) is 0. The first-order valence-corrected chi connectivity index (χ1v) is 16.1. The molecule has 0 aromatic heterocycles. The van der Waals surface area contributed by atoms with E-state index in [1.54, 1.807) is 0 Å². The lowest BCUT2D eigenvalue weighted by Gasteiger charge is -2.40. The molecule has 1 saturated heterocycles. The molecule has 1 fully saturated rings. The molecule has 0 spiro atoms. The highest BCUT2D eigenvalue weighted by atomic mass is 35.5. The van der Waals surface area contributed by atoms with Crippen LogP contribution >= 0.6 is 0 Å². The van der Waals surface area contributed by atoms with Crippen molar-refractivity contribution >= 4 is 0 Å². The lowest BCUT2D eigenvalue weighted by Crippen LogP contribution is -3.00. The van der Waals surface area contributed by atoms with Crippen LogP contribution in [0.4, 0.5) is 0 Å². The molecule has 0 aromatic rings. The summed E-state index contributed by atoms with van der Waals surface area (Å²) in [5.74, 6) is 0. The molecule has 9 heteroatoms. The first-order chi connectivity index (χ1) is 18.7. The largest absolute Gasteiger partial charge is 1.00 e. The number of aliphatic hydroxyl groups is 4. The number of hydrogen-bond acceptors (Lipinski definition) is 7. The van der Waals surface area contributed by atoms with E-state index in [1.807, 2.05) is 0 Å². The Hall–Kier alpha value is -0.0300. The maximum Gasteiger partial charge on any atom is 0.186 e. The molecule has 0 aliphatic carbocycles. The standard InChI is InChI=1S/C31H64NO7.ClH/c1-5-7-9-11-13-14-15-16-17-19-21-32(3,4)23-26(33)24-37-25-27-28(34)29(35)30(36)31(39-27)38-22-20-18-12-10-8-6-2;/h26-31,33-36H,5-25H2,1-4H3;1H/q+1;/p-1/t26?,27-,28-,29+,30-,31-;/m1./s1. The Labute approximate surface area is 251 Å². The lowest BCUT2D eigenvalue weighted by molar-refractivity contribution is -0.893. The fourth-order valence-corrected chi connectivity index (χ4v) is 5.34. The second-order valence-electron chi connectivity index (χ2n) is 12.4. The highest BCUT2D eigenvalue weighted by Gasteiger charge is 2.44. The molecule has 0 radical (unpaired) electrons. The maximum absolute atomic E-state index is 10.6. The van der Waals surface area contributed by atoms with Crippen molar-refractivity contribution in [1.82, 2.24) is 0 Å². The molecule has 1 unspecified atom stereocenters. The molecular weight excluding hydrogens is 534 g/mol. The van der Waals surface area contributed by atoms with E-state index in [0.717, 1.165) is 36.7 Å². The van der Waals surface area contributed by atoms with E-state index < -0.39 is 36.8 Å². The molecule has 4 N–H and O–H groups in total. The van der Waals surface area contributed by atoms with Crippen molar-refractivity contribution in [3.8, 4) is 0 Å². The van der Waals surface area contributed by atoms with Gasteiger partial charge < -0.3 is 51.5 Å². The van der Waals surface area contributed by atoms with Gasteiger partial charge in [0.2, 0.25) is 0 Å². The van der Waals surface area contributed by atoms with Gasteiger partial charge in [-0.15, -0.1) is 0 Å². The molecule has 0 saturated carbocycles. The number of ether oxygens (including phenoxy) is 3. The van der Waals surface area contributed by atoms with Gasteiger partial charge in [-0.2, -0.15) is 0 Å². The van der Waals surface area contributed by atoms with Crippen molar-refractivity contribution < 1.29 is 51.5 Å². The molecule has 1 aliphatic heterocycles. The lowest BCUT2D eigenvalue weighted by atomic mass is 9.99. The third kappa shape index (κ3) is 18.5. The predicted molar refractivity (Wildman–Crippen MR) is 157 cm³/mol. The summed E-state index contributed by atoms with van der Waals surface area (Å²) in [5.41, 5.74) is 0. The molecule has 1 heterocycles. The molecule has 242 valence electrons. The van der Waals surface area contributed by atoms with Gasteiger partial charge in [-0.3, -0.25) is 0 Å². The number of unbranched alkanes of at least 4 members (excludes halogenated alkanes) is 14. The minimum absolute atomic E-state index is 0. The van der Waals surface area contributed by atoms with Crippen LogP contribution in [0.1, 0.15) is 117 Å². The van der Waals surface area contributed by atoms with E-state index >= 15 is 0 Å². The first-order valence-electron chi connectivity index (χ1n) is 16.1. The Bertz CT molecular complexity index is 572. The van der Waals surface area contributed by atoms with Gasteiger partial charge in [0, 0.05) is 6.61 Å². The van der Waals surface area contributed by atoms with Crippen LogP contribution < -0.4 is 12.4 Å². The summed E-state index contributed by atoms with van der Waals surface area (Å²) in [7, 11) is 4.27. The van der Waals surface area contributed by atoms with Crippen molar-refractivity contribution in [2.75, 3.05) is 47.0 Å². The quantitative estimate of drug-likeness (QED) is 0.0934. The second kappa shape index (κ2) is 24.4. The van der Waals surface area contributed by atoms with Crippen molar-refractivity contribution in [3.63, 3.8) is 0 Å². The number of likely N-dealkylation sites (N-methyl/N-ethyl adjacent to an activating group) is 1. The summed E-state index contributed by atoms with van der Waals surface area (Å²) in [6.45, 7) is 6.58. The van der Waals surface area contributed by atoms with Crippen molar-refractivity contribution in [2.45, 2.75) is 153 Å². The average molecular weight is 598 g/mol. The Morgan fingerprint density at radius 3 is 1.75 bits per heavy atom. The normalized spacial score (nSPS) is 24.1. The smallest absolute Gasteiger partial charge is 0.186 e. The van der Waals surface area contributed by atoms with Gasteiger partial charge in [0.05, 0.1) is 33.9 Å². The highest BCUT2D eigenvalue weighted by molar-refractivity contribution is 4.89. The van der Waals surface area contributed by atoms with E-state index in [0.29, 0.717) is 13.2 Å². The fourth-order valence-electron chi connectivity index (χ4n) is 5.34. The zero-order valence-electron chi connectivity index (χ0n) is 26.2. The SMILES string of the molecule is CCCCCCCCCCCC[N+](C)(C)CC(O)COC[C@H]1O[C@@H](OCCCCCCCC)[C@H](O)[C@@H](O)[C@@H]1O.[Cl-]. The van der Waals surface area contributed by atoms with Gasteiger partial charge in [-0.05, 0) is 19.3 Å². The van der Waals surface area contributed by atoms with Crippen molar-refractivity contribution in [1.29, 1.82) is 0 Å². The fraction of sp³-hybridized carbons (Fsp3) is 1.00. The van der Waals surface area contributed by atoms with Gasteiger partial charge in [-0.25, -0.2) is 0 Å². The number of rotatable bonds is 25. The van der Waals surface area contributed by atoms with Crippen molar-refractivity contribution in [3.05, 3.63) is 0 Å². The molecule has 1 aliphatic rings. The Morgan fingerprint density at radius 2 is 1.20 bits per heavy atom. The highest BCUT2D eigenvalue weighted by Crippen LogP contribution is 2.23. The molecule has 0 amide bonds. The summed E-state index contributed by atoms with van der Waals surface area (Å²) >= 11 is 0. The molecule has 8 nitrogen and oxygen atoms in total. The van der Waals surface area contributed by atoms with Crippen LogP contribution in [-0.2, 0) is 14.2 Å². The average Bonchev–Trinajstić information content (AvgIpc) is 2.89. The van der Waals surface area contributed by atoms with E-state index in [1.165, 1.54) is 77.0 Å². The monoisotopic (exact) mass is 597 g/mol. The summed E-state index contributed by atoms with van der Waals surface area (Å²) < 4.78 is 17.8. The number of quaternary nitrogens is 1. The Kier molecular flexibility index (Phi) is 24.4. The van der Waals surface area contributed by atoms with E-state index in [2.05, 4.69) is 27.9 Å². The van der Waals surface area contributed by atoms with Crippen LogP contribution in [0.25, 0.3) is 0 Å². The van der Waals surface area contributed by atoms with Crippen LogP contribution in [0.3, 0.4) is 0 Å². The van der Waals surface area contributed by atoms with E-state index in [4.69, 9.17) is 14.2 Å². The van der Waals surface area contributed by atoms with Gasteiger partial charge in [0.15, 0.2) is 6.29 Å². The third-order valence-corrected chi connectivity index (χ3v) is 7.86. The molecule has 40 heavy (non-hydrogen) atoms. The number of hydrogen-bond donors (Lipinski definition) is 4. The number of halogens is 1.